The molecular formula is C26H27N3O8. The Morgan fingerprint density at radius 3 is 2.38 bits per heavy atom. The van der Waals surface area contributed by atoms with Crippen molar-refractivity contribution in [3.8, 4) is 5.75 Å². The van der Waals surface area contributed by atoms with Crippen LogP contribution in [0, 0.1) is 0 Å². The van der Waals surface area contributed by atoms with Gasteiger partial charge in [0.05, 0.1) is 23.4 Å². The number of carboxylic acid groups (broad SMARTS) is 1. The lowest BCUT2D eigenvalue weighted by Gasteiger charge is -2.25. The number of benzene rings is 2. The van der Waals surface area contributed by atoms with E-state index in [-0.39, 0.29) is 37.3 Å². The quantitative estimate of drug-likeness (QED) is 0.276. The van der Waals surface area contributed by atoms with Crippen LogP contribution in [-0.4, -0.2) is 78.1 Å². The first-order valence-electron chi connectivity index (χ1n) is 12.0. The van der Waals surface area contributed by atoms with Gasteiger partial charge < -0.3 is 19.9 Å². The Labute approximate surface area is 212 Å². The van der Waals surface area contributed by atoms with E-state index in [1.807, 2.05) is 0 Å². The lowest BCUT2D eigenvalue weighted by Crippen LogP contribution is -2.50. The first kappa shape index (κ1) is 25.8. The zero-order valence-corrected chi connectivity index (χ0v) is 20.2. The molecule has 2 aliphatic heterocycles. The number of carbonyl (C=O) groups is 5. The number of amides is 3. The summed E-state index contributed by atoms with van der Waals surface area (Å²) in [5, 5.41) is 12.4. The molecular weight excluding hydrogens is 482 g/mol. The topological polar surface area (TPSA) is 143 Å². The second-order valence-electron chi connectivity index (χ2n) is 8.54. The van der Waals surface area contributed by atoms with E-state index in [1.54, 1.807) is 43.3 Å². The van der Waals surface area contributed by atoms with Crippen LogP contribution in [0.25, 0.3) is 0 Å². The second kappa shape index (κ2) is 11.2. The fraction of sp³-hybridized carbons (Fsp3) is 0.346. The number of rotatable bonds is 10. The Morgan fingerprint density at radius 2 is 1.73 bits per heavy atom. The Morgan fingerprint density at radius 1 is 1.08 bits per heavy atom. The van der Waals surface area contributed by atoms with E-state index >= 15 is 0 Å². The van der Waals surface area contributed by atoms with Crippen molar-refractivity contribution in [2.24, 2.45) is 0 Å². The molecule has 2 aliphatic rings. The second-order valence-corrected chi connectivity index (χ2v) is 8.54. The zero-order chi connectivity index (χ0) is 26.5. The van der Waals surface area contributed by atoms with Crippen molar-refractivity contribution < 1.29 is 38.6 Å². The van der Waals surface area contributed by atoms with Gasteiger partial charge in [-0.2, -0.15) is 0 Å². The number of ether oxygens (including phenoxy) is 2. The number of nitrogens with one attached hydrogen (secondary N) is 1. The number of hydrogen-bond donors (Lipinski definition) is 2. The number of carboxylic acids is 1. The summed E-state index contributed by atoms with van der Waals surface area (Å²) in [6.45, 7) is 1.41. The average Bonchev–Trinajstić information content (AvgIpc) is 3.05. The third kappa shape index (κ3) is 5.31. The molecule has 0 spiro atoms. The Hall–Kier alpha value is -4.25. The SMILES string of the molecule is CCOC(=O)C(CCCN[C@H]1COc2ccccc2N(CC(=O)O)C1=O)N1C(=O)c2ccccc2C1=O. The molecule has 0 fully saturated rings. The Bertz CT molecular complexity index is 1190. The molecule has 2 aromatic carbocycles. The third-order valence-electron chi connectivity index (χ3n) is 6.16. The van der Waals surface area contributed by atoms with Gasteiger partial charge in [0.15, 0.2) is 0 Å². The number of hydrogen-bond acceptors (Lipinski definition) is 8. The van der Waals surface area contributed by atoms with Crippen LogP contribution in [0.2, 0.25) is 0 Å². The largest absolute Gasteiger partial charge is 0.489 e. The number of fused-ring (bicyclic) bond motifs is 2. The van der Waals surface area contributed by atoms with E-state index in [0.29, 0.717) is 17.9 Å². The van der Waals surface area contributed by atoms with Gasteiger partial charge >= 0.3 is 11.9 Å². The van der Waals surface area contributed by atoms with Gasteiger partial charge in [-0.15, -0.1) is 0 Å². The summed E-state index contributed by atoms with van der Waals surface area (Å²) in [6.07, 6.45) is 0.421. The first-order chi connectivity index (χ1) is 17.8. The summed E-state index contributed by atoms with van der Waals surface area (Å²) < 4.78 is 10.9. The van der Waals surface area contributed by atoms with Crippen LogP contribution in [0.15, 0.2) is 48.5 Å². The van der Waals surface area contributed by atoms with Crippen LogP contribution >= 0.6 is 0 Å². The minimum absolute atomic E-state index is 0.0221. The Balaban J connectivity index is 1.43. The number of aliphatic carboxylic acids is 1. The van der Waals surface area contributed by atoms with Crippen molar-refractivity contribution in [2.75, 3.05) is 31.2 Å². The predicted octanol–water partition coefficient (Wildman–Crippen LogP) is 1.46. The van der Waals surface area contributed by atoms with E-state index in [9.17, 15) is 29.1 Å². The molecule has 0 saturated heterocycles. The molecule has 11 heteroatoms. The van der Waals surface area contributed by atoms with E-state index < -0.39 is 48.3 Å². The number of para-hydroxylation sites is 2. The summed E-state index contributed by atoms with van der Waals surface area (Å²) in [6, 6.07) is 11.1. The summed E-state index contributed by atoms with van der Waals surface area (Å²) in [5.74, 6) is -3.03. The number of anilines is 1. The fourth-order valence-electron chi connectivity index (χ4n) is 4.45. The van der Waals surface area contributed by atoms with Crippen molar-refractivity contribution in [1.82, 2.24) is 10.2 Å². The smallest absolute Gasteiger partial charge is 0.329 e. The maximum absolute atomic E-state index is 13.1. The van der Waals surface area contributed by atoms with Gasteiger partial charge in [0.1, 0.15) is 31.0 Å². The van der Waals surface area contributed by atoms with Crippen LogP contribution < -0.4 is 15.0 Å². The van der Waals surface area contributed by atoms with Crippen molar-refractivity contribution in [3.63, 3.8) is 0 Å². The van der Waals surface area contributed by atoms with Crippen LogP contribution in [0.3, 0.4) is 0 Å². The lowest BCUT2D eigenvalue weighted by molar-refractivity contribution is -0.148. The van der Waals surface area contributed by atoms with Gasteiger partial charge in [0, 0.05) is 0 Å². The zero-order valence-electron chi connectivity index (χ0n) is 20.2. The molecule has 0 bridgehead atoms. The third-order valence-corrected chi connectivity index (χ3v) is 6.16. The number of carbonyl (C=O) groups excluding carboxylic acids is 4. The van der Waals surface area contributed by atoms with Crippen molar-refractivity contribution in [2.45, 2.75) is 31.8 Å². The van der Waals surface area contributed by atoms with Gasteiger partial charge in [0.2, 0.25) is 5.91 Å². The van der Waals surface area contributed by atoms with Gasteiger partial charge in [-0.1, -0.05) is 24.3 Å². The van der Waals surface area contributed by atoms with E-state index in [0.717, 1.165) is 9.80 Å². The van der Waals surface area contributed by atoms with Crippen LogP contribution in [0.1, 0.15) is 40.5 Å². The van der Waals surface area contributed by atoms with Gasteiger partial charge in [-0.25, -0.2) is 4.79 Å². The Kier molecular flexibility index (Phi) is 7.83. The summed E-state index contributed by atoms with van der Waals surface area (Å²) >= 11 is 0. The molecule has 194 valence electrons. The number of nitrogens with zero attached hydrogens (tertiary/aromatic N) is 2. The van der Waals surface area contributed by atoms with E-state index in [2.05, 4.69) is 5.32 Å². The molecule has 0 aliphatic carbocycles. The van der Waals surface area contributed by atoms with E-state index in [4.69, 9.17) is 9.47 Å². The summed E-state index contributed by atoms with van der Waals surface area (Å²) in [7, 11) is 0. The highest BCUT2D eigenvalue weighted by atomic mass is 16.5. The van der Waals surface area contributed by atoms with Crippen LogP contribution in [0.4, 0.5) is 5.69 Å². The monoisotopic (exact) mass is 509 g/mol. The van der Waals surface area contributed by atoms with E-state index in [1.165, 1.54) is 12.1 Å². The molecule has 11 nitrogen and oxygen atoms in total. The van der Waals surface area contributed by atoms with Crippen LogP contribution in [-0.2, 0) is 19.1 Å². The maximum Gasteiger partial charge on any atom is 0.329 e. The van der Waals surface area contributed by atoms with Gasteiger partial charge in [0.25, 0.3) is 11.8 Å². The van der Waals surface area contributed by atoms with Crippen molar-refractivity contribution in [1.29, 1.82) is 0 Å². The maximum atomic E-state index is 13.1. The first-order valence-corrected chi connectivity index (χ1v) is 12.0. The van der Waals surface area contributed by atoms with Gasteiger partial charge in [-0.05, 0) is 50.6 Å². The summed E-state index contributed by atoms with van der Waals surface area (Å²) in [4.78, 5) is 65.2. The highest BCUT2D eigenvalue weighted by Crippen LogP contribution is 2.31. The molecule has 2 atom stereocenters. The normalized spacial score (nSPS) is 17.5. The standard InChI is InChI=1S/C26H27N3O8/c1-2-36-26(35)20(29-23(32)16-8-3-4-9-17(16)24(29)33)11-7-13-27-18-15-37-21-12-6-5-10-19(21)28(25(18)34)14-22(30)31/h3-6,8-10,12,18,20,27H,2,7,11,13-15H2,1H3,(H,30,31)/t18-,20?/m0/s1. The molecule has 2 heterocycles. The molecule has 37 heavy (non-hydrogen) atoms. The number of imide groups is 1. The van der Waals surface area contributed by atoms with Gasteiger partial charge in [-0.3, -0.25) is 29.0 Å². The minimum Gasteiger partial charge on any atom is -0.489 e. The molecule has 2 aromatic rings. The highest BCUT2D eigenvalue weighted by Gasteiger charge is 2.43. The molecule has 3 amide bonds. The average molecular weight is 510 g/mol. The molecule has 1 unspecified atom stereocenters. The highest BCUT2D eigenvalue weighted by molar-refractivity contribution is 6.22. The molecule has 0 radical (unpaired) electrons. The molecule has 0 saturated carbocycles. The number of esters is 1. The van der Waals surface area contributed by atoms with Crippen molar-refractivity contribution >= 4 is 35.3 Å². The fourth-order valence-corrected chi connectivity index (χ4v) is 4.45. The minimum atomic E-state index is -1.16. The molecule has 0 aromatic heterocycles. The predicted molar refractivity (Wildman–Crippen MR) is 130 cm³/mol. The lowest BCUT2D eigenvalue weighted by atomic mass is 10.1. The van der Waals surface area contributed by atoms with Crippen LogP contribution in [0.5, 0.6) is 5.75 Å². The molecule has 2 N–H and O–H groups in total. The van der Waals surface area contributed by atoms with Crippen molar-refractivity contribution in [3.05, 3.63) is 59.7 Å². The summed E-state index contributed by atoms with van der Waals surface area (Å²) in [5.41, 5.74) is 0.839. The molecule has 4 rings (SSSR count).